The molecule has 0 bridgehead atoms. The van der Waals surface area contributed by atoms with E-state index in [2.05, 4.69) is 26.0 Å². The second-order valence-electron chi connectivity index (χ2n) is 2.05. The monoisotopic (exact) mass is 240 g/mol. The molecule has 1 heterocycles. The Labute approximate surface area is 68.5 Å². The Kier molecular flexibility index (Phi) is 2.71. The van der Waals surface area contributed by atoms with Crippen LogP contribution in [0, 0.1) is 0 Å². The smallest absolute Gasteiger partial charge is 0.209 e. The molecule has 0 atom stereocenters. The number of halogens is 1. The van der Waals surface area contributed by atoms with Crippen LogP contribution in [0.5, 0.6) is 0 Å². The van der Waals surface area contributed by atoms with Crippen molar-refractivity contribution in [2.75, 3.05) is 26.2 Å². The van der Waals surface area contributed by atoms with Crippen LogP contribution in [-0.2, 0) is 4.79 Å². The highest BCUT2D eigenvalue weighted by atomic mass is 127. The zero-order chi connectivity index (χ0) is 6.69. The summed E-state index contributed by atoms with van der Waals surface area (Å²) in [7, 11) is 0. The fourth-order valence-corrected chi connectivity index (χ4v) is 1.23. The lowest BCUT2D eigenvalue weighted by Gasteiger charge is -2.27. The second kappa shape index (κ2) is 3.36. The molecule has 9 heavy (non-hydrogen) atoms. The number of hydrogen-bond acceptors (Lipinski definition) is 2. The topological polar surface area (TPSA) is 23.6 Å². The van der Waals surface area contributed by atoms with Crippen molar-refractivity contribution in [1.82, 2.24) is 8.01 Å². The zero-order valence-electron chi connectivity index (χ0n) is 5.09. The first kappa shape index (κ1) is 7.27. The van der Waals surface area contributed by atoms with Crippen molar-refractivity contribution in [1.29, 1.82) is 0 Å². The van der Waals surface area contributed by atoms with Gasteiger partial charge in [0.2, 0.25) is 6.41 Å². The molecule has 0 radical (unpaired) electrons. The lowest BCUT2D eigenvalue weighted by molar-refractivity contribution is -0.119. The van der Waals surface area contributed by atoms with Crippen molar-refractivity contribution in [3.63, 3.8) is 0 Å². The first-order valence-electron chi connectivity index (χ1n) is 2.93. The minimum atomic E-state index is 0.881. The summed E-state index contributed by atoms with van der Waals surface area (Å²) in [6.45, 7) is 3.76. The maximum absolute atomic E-state index is 10.2. The van der Waals surface area contributed by atoms with Crippen LogP contribution in [0.15, 0.2) is 0 Å². The van der Waals surface area contributed by atoms with Crippen molar-refractivity contribution >= 4 is 29.3 Å². The number of amides is 1. The van der Waals surface area contributed by atoms with E-state index in [0.717, 1.165) is 32.6 Å². The van der Waals surface area contributed by atoms with Crippen molar-refractivity contribution in [2.45, 2.75) is 0 Å². The molecule has 0 aromatic carbocycles. The largest absolute Gasteiger partial charge is 0.343 e. The van der Waals surface area contributed by atoms with Crippen molar-refractivity contribution in [3.05, 3.63) is 0 Å². The van der Waals surface area contributed by atoms with E-state index < -0.39 is 0 Å². The Morgan fingerprint density at radius 3 is 2.22 bits per heavy atom. The van der Waals surface area contributed by atoms with Gasteiger partial charge in [-0.25, -0.2) is 3.11 Å². The van der Waals surface area contributed by atoms with E-state index in [1.165, 1.54) is 0 Å². The average molecular weight is 240 g/mol. The molecule has 1 amide bonds. The SMILES string of the molecule is O=CN1CCN(I)CC1. The van der Waals surface area contributed by atoms with E-state index >= 15 is 0 Å². The number of carbonyl (C=O) groups excluding carboxylic acids is 1. The van der Waals surface area contributed by atoms with E-state index in [-0.39, 0.29) is 0 Å². The maximum Gasteiger partial charge on any atom is 0.209 e. The number of piperazine rings is 1. The third-order valence-electron chi connectivity index (χ3n) is 1.41. The zero-order valence-corrected chi connectivity index (χ0v) is 7.24. The molecule has 0 aromatic heterocycles. The molecule has 1 aliphatic heterocycles. The number of carbonyl (C=O) groups is 1. The van der Waals surface area contributed by atoms with Gasteiger partial charge in [0.1, 0.15) is 0 Å². The molecule has 3 nitrogen and oxygen atoms in total. The number of hydrogen-bond donors (Lipinski definition) is 0. The lowest BCUT2D eigenvalue weighted by Crippen LogP contribution is -2.41. The van der Waals surface area contributed by atoms with E-state index in [1.807, 2.05) is 0 Å². The van der Waals surface area contributed by atoms with Crippen LogP contribution in [0.1, 0.15) is 0 Å². The van der Waals surface area contributed by atoms with Gasteiger partial charge in [-0.1, -0.05) is 0 Å². The molecule has 0 spiro atoms. The Bertz CT molecular complexity index is 101. The number of rotatable bonds is 1. The van der Waals surface area contributed by atoms with Crippen LogP contribution in [0.25, 0.3) is 0 Å². The van der Waals surface area contributed by atoms with Gasteiger partial charge in [-0.2, -0.15) is 0 Å². The van der Waals surface area contributed by atoms with Crippen molar-refractivity contribution < 1.29 is 4.79 Å². The minimum absolute atomic E-state index is 0.881. The highest BCUT2D eigenvalue weighted by molar-refractivity contribution is 14.1. The number of nitrogens with zero attached hydrogens (tertiary/aromatic N) is 2. The summed E-state index contributed by atoms with van der Waals surface area (Å²) >= 11 is 2.27. The summed E-state index contributed by atoms with van der Waals surface area (Å²) in [5, 5.41) is 0. The fourth-order valence-electron chi connectivity index (χ4n) is 0.803. The second-order valence-corrected chi connectivity index (χ2v) is 3.42. The normalized spacial score (nSPS) is 22.1. The Hall–Kier alpha value is 0.160. The fraction of sp³-hybridized carbons (Fsp3) is 0.800. The summed E-state index contributed by atoms with van der Waals surface area (Å²) < 4.78 is 2.19. The highest BCUT2D eigenvalue weighted by Crippen LogP contribution is 2.03. The van der Waals surface area contributed by atoms with Crippen LogP contribution < -0.4 is 0 Å². The van der Waals surface area contributed by atoms with E-state index in [1.54, 1.807) is 4.90 Å². The van der Waals surface area contributed by atoms with Crippen LogP contribution >= 0.6 is 22.9 Å². The van der Waals surface area contributed by atoms with Crippen LogP contribution in [0.3, 0.4) is 0 Å². The predicted octanol–water partition coefficient (Wildman–Crippen LogP) is 0.110. The summed E-state index contributed by atoms with van der Waals surface area (Å²) in [6.07, 6.45) is 0.920. The summed E-state index contributed by atoms with van der Waals surface area (Å²) in [6, 6.07) is 0. The molecular formula is C5H9IN2O. The predicted molar refractivity (Wildman–Crippen MR) is 43.2 cm³/mol. The molecule has 0 aromatic rings. The molecule has 52 valence electrons. The average Bonchev–Trinajstić information content (AvgIpc) is 1.90. The summed E-state index contributed by atoms with van der Waals surface area (Å²) in [5.74, 6) is 0. The summed E-state index contributed by atoms with van der Waals surface area (Å²) in [4.78, 5) is 12.0. The molecule has 4 heteroatoms. The molecule has 1 aliphatic rings. The van der Waals surface area contributed by atoms with Gasteiger partial charge in [0, 0.05) is 49.0 Å². The molecule has 1 saturated heterocycles. The molecule has 0 aliphatic carbocycles. The van der Waals surface area contributed by atoms with Gasteiger partial charge in [0.15, 0.2) is 0 Å². The molecule has 1 rings (SSSR count). The molecule has 0 saturated carbocycles. The van der Waals surface area contributed by atoms with Crippen molar-refractivity contribution in [2.24, 2.45) is 0 Å². The molecular weight excluding hydrogens is 231 g/mol. The Balaban J connectivity index is 2.26. The van der Waals surface area contributed by atoms with Gasteiger partial charge in [-0.15, -0.1) is 0 Å². The van der Waals surface area contributed by atoms with Crippen LogP contribution in [0.4, 0.5) is 0 Å². The van der Waals surface area contributed by atoms with Gasteiger partial charge in [-0.3, -0.25) is 4.79 Å². The van der Waals surface area contributed by atoms with Gasteiger partial charge in [-0.05, 0) is 0 Å². The van der Waals surface area contributed by atoms with Gasteiger partial charge >= 0.3 is 0 Å². The maximum atomic E-state index is 10.2. The molecule has 0 unspecified atom stereocenters. The lowest BCUT2D eigenvalue weighted by atomic mass is 10.4. The first-order valence-corrected chi connectivity index (χ1v) is 3.89. The quantitative estimate of drug-likeness (QED) is 0.369. The van der Waals surface area contributed by atoms with Gasteiger partial charge in [0.25, 0.3) is 0 Å². The van der Waals surface area contributed by atoms with Crippen LogP contribution in [-0.4, -0.2) is 40.6 Å². The van der Waals surface area contributed by atoms with E-state index in [4.69, 9.17) is 0 Å². The third-order valence-corrected chi connectivity index (χ3v) is 2.37. The van der Waals surface area contributed by atoms with Gasteiger partial charge in [0.05, 0.1) is 0 Å². The highest BCUT2D eigenvalue weighted by Gasteiger charge is 2.11. The van der Waals surface area contributed by atoms with Gasteiger partial charge < -0.3 is 4.90 Å². The van der Waals surface area contributed by atoms with Crippen molar-refractivity contribution in [3.8, 4) is 0 Å². The minimum Gasteiger partial charge on any atom is -0.343 e. The third kappa shape index (κ3) is 2.09. The molecule has 0 N–H and O–H groups in total. The van der Waals surface area contributed by atoms with E-state index in [9.17, 15) is 4.79 Å². The molecule has 1 fully saturated rings. The Morgan fingerprint density at radius 1 is 1.22 bits per heavy atom. The standard InChI is InChI=1S/C5H9IN2O/c6-8-3-1-7(5-9)2-4-8/h5H,1-4H2. The Morgan fingerprint density at radius 2 is 1.78 bits per heavy atom. The van der Waals surface area contributed by atoms with Crippen LogP contribution in [0.2, 0.25) is 0 Å². The summed E-state index contributed by atoms with van der Waals surface area (Å²) in [5.41, 5.74) is 0. The first-order chi connectivity index (χ1) is 4.33. The van der Waals surface area contributed by atoms with E-state index in [0.29, 0.717) is 0 Å².